The van der Waals surface area contributed by atoms with Crippen molar-refractivity contribution >= 4 is 0 Å². The molecule has 160 valence electrons. The van der Waals surface area contributed by atoms with Crippen LogP contribution in [0.4, 0.5) is 0 Å². The highest BCUT2D eigenvalue weighted by atomic mass is 15.1. The molecule has 0 aliphatic rings. The Morgan fingerprint density at radius 3 is 0.577 bits per heavy atom. The van der Waals surface area contributed by atoms with Gasteiger partial charge >= 0.3 is 0 Å². The Balaban J connectivity index is 0. The van der Waals surface area contributed by atoms with Crippen LogP contribution in [0.15, 0.2) is 0 Å². The molecule has 0 saturated heterocycles. The summed E-state index contributed by atoms with van der Waals surface area (Å²) in [5.41, 5.74) is 0. The molecule has 0 spiro atoms. The van der Waals surface area contributed by atoms with E-state index in [0.717, 1.165) is 0 Å². The van der Waals surface area contributed by atoms with Crippen LogP contribution >= 0.6 is 0 Å². The van der Waals surface area contributed by atoms with Crippen LogP contribution in [0.5, 0.6) is 0 Å². The summed E-state index contributed by atoms with van der Waals surface area (Å²) in [5, 5.41) is 0. The van der Waals surface area contributed by atoms with E-state index in [2.05, 4.69) is 51.3 Å². The Labute approximate surface area is 168 Å². The fourth-order valence-corrected chi connectivity index (χ4v) is 2.96. The first kappa shape index (κ1) is 28.1. The average molecular weight is 371 g/mol. The quantitative estimate of drug-likeness (QED) is 0.248. The summed E-state index contributed by atoms with van der Waals surface area (Å²) in [5.74, 6) is 0. The average Bonchev–Trinajstić information content (AvgIpc) is 2.67. The summed E-state index contributed by atoms with van der Waals surface area (Å²) in [7, 11) is 0. The van der Waals surface area contributed by atoms with Gasteiger partial charge in [0.15, 0.2) is 0 Å². The minimum Gasteiger partial charge on any atom is -0.303 e. The third-order valence-electron chi connectivity index (χ3n) is 4.97. The third kappa shape index (κ3) is 22.0. The Hall–Kier alpha value is -0.0800. The maximum absolute atomic E-state index is 2.64. The lowest BCUT2D eigenvalue weighted by Gasteiger charge is -2.21. The van der Waals surface area contributed by atoms with Gasteiger partial charge in [0.1, 0.15) is 0 Å². The normalized spacial score (nSPS) is 11.1. The predicted molar refractivity (Wildman–Crippen MR) is 122 cm³/mol. The second-order valence-corrected chi connectivity index (χ2v) is 7.80. The SMILES string of the molecule is CCCCN(CCCC)CCCC.CCCCN(CCCC)CCCC. The van der Waals surface area contributed by atoms with E-state index >= 15 is 0 Å². The van der Waals surface area contributed by atoms with Crippen molar-refractivity contribution in [3.05, 3.63) is 0 Å². The van der Waals surface area contributed by atoms with Crippen LogP contribution in [0.25, 0.3) is 0 Å². The molecule has 0 saturated carbocycles. The van der Waals surface area contributed by atoms with Gasteiger partial charge in [0, 0.05) is 0 Å². The molecule has 0 aromatic heterocycles. The zero-order valence-corrected chi connectivity index (χ0v) is 19.6. The molecule has 0 radical (unpaired) electrons. The highest BCUT2D eigenvalue weighted by molar-refractivity contribution is 4.58. The molecule has 0 aromatic carbocycles. The van der Waals surface area contributed by atoms with Gasteiger partial charge in [-0.1, -0.05) is 80.1 Å². The second-order valence-electron chi connectivity index (χ2n) is 7.80. The molecule has 2 nitrogen and oxygen atoms in total. The molecule has 0 unspecified atom stereocenters. The van der Waals surface area contributed by atoms with Crippen molar-refractivity contribution in [3.8, 4) is 0 Å². The summed E-state index contributed by atoms with van der Waals surface area (Å²) in [6.07, 6.45) is 16.2. The van der Waals surface area contributed by atoms with E-state index in [4.69, 9.17) is 0 Å². The predicted octanol–water partition coefficient (Wildman–Crippen LogP) is 7.38. The van der Waals surface area contributed by atoms with E-state index in [-0.39, 0.29) is 0 Å². The molecule has 0 aromatic rings. The molecule has 0 atom stereocenters. The minimum atomic E-state index is 1.32. The van der Waals surface area contributed by atoms with E-state index in [1.165, 1.54) is 116 Å². The smallest absolute Gasteiger partial charge is 0.00188 e. The van der Waals surface area contributed by atoms with Crippen molar-refractivity contribution in [1.29, 1.82) is 0 Å². The Morgan fingerprint density at radius 2 is 0.462 bits per heavy atom. The van der Waals surface area contributed by atoms with Crippen molar-refractivity contribution in [2.24, 2.45) is 0 Å². The second kappa shape index (κ2) is 24.9. The Bertz CT molecular complexity index is 168. The summed E-state index contributed by atoms with van der Waals surface area (Å²) in [6.45, 7) is 21.5. The molecule has 0 aliphatic carbocycles. The van der Waals surface area contributed by atoms with Crippen molar-refractivity contribution in [3.63, 3.8) is 0 Å². The number of unbranched alkanes of at least 4 members (excludes halogenated alkanes) is 6. The lowest BCUT2D eigenvalue weighted by molar-refractivity contribution is 0.261. The van der Waals surface area contributed by atoms with E-state index in [1.807, 2.05) is 0 Å². The van der Waals surface area contributed by atoms with Gasteiger partial charge in [-0.2, -0.15) is 0 Å². The largest absolute Gasteiger partial charge is 0.303 e. The number of rotatable bonds is 18. The summed E-state index contributed by atoms with van der Waals surface area (Å²) < 4.78 is 0. The molecule has 0 N–H and O–H groups in total. The molecular weight excluding hydrogens is 316 g/mol. The number of nitrogens with zero attached hydrogens (tertiary/aromatic N) is 2. The minimum absolute atomic E-state index is 1.32. The zero-order valence-electron chi connectivity index (χ0n) is 19.6. The third-order valence-corrected chi connectivity index (χ3v) is 4.97. The zero-order chi connectivity index (χ0) is 19.9. The van der Waals surface area contributed by atoms with Crippen molar-refractivity contribution in [2.45, 2.75) is 119 Å². The van der Waals surface area contributed by atoms with E-state index < -0.39 is 0 Å². The van der Waals surface area contributed by atoms with Crippen molar-refractivity contribution in [1.82, 2.24) is 9.80 Å². The van der Waals surface area contributed by atoms with Crippen molar-refractivity contribution in [2.75, 3.05) is 39.3 Å². The molecule has 26 heavy (non-hydrogen) atoms. The van der Waals surface area contributed by atoms with E-state index in [1.54, 1.807) is 0 Å². The lowest BCUT2D eigenvalue weighted by atomic mass is 10.2. The van der Waals surface area contributed by atoms with Gasteiger partial charge in [-0.05, 0) is 77.8 Å². The van der Waals surface area contributed by atoms with Gasteiger partial charge < -0.3 is 9.80 Å². The van der Waals surface area contributed by atoms with Crippen molar-refractivity contribution < 1.29 is 0 Å². The fraction of sp³-hybridized carbons (Fsp3) is 1.00. The molecule has 0 bridgehead atoms. The van der Waals surface area contributed by atoms with Gasteiger partial charge in [-0.25, -0.2) is 0 Å². The van der Waals surface area contributed by atoms with E-state index in [9.17, 15) is 0 Å². The lowest BCUT2D eigenvalue weighted by Crippen LogP contribution is -2.27. The summed E-state index contributed by atoms with van der Waals surface area (Å²) in [6, 6.07) is 0. The van der Waals surface area contributed by atoms with Gasteiger partial charge in [-0.15, -0.1) is 0 Å². The van der Waals surface area contributed by atoms with Crippen LogP contribution in [-0.4, -0.2) is 49.1 Å². The molecule has 0 amide bonds. The maximum Gasteiger partial charge on any atom is -0.00188 e. The van der Waals surface area contributed by atoms with Gasteiger partial charge in [-0.3, -0.25) is 0 Å². The molecule has 0 heterocycles. The van der Waals surface area contributed by atoms with Crippen LogP contribution in [0, 0.1) is 0 Å². The van der Waals surface area contributed by atoms with Crippen LogP contribution < -0.4 is 0 Å². The first-order valence-corrected chi connectivity index (χ1v) is 12.1. The van der Waals surface area contributed by atoms with Crippen LogP contribution in [0.1, 0.15) is 119 Å². The van der Waals surface area contributed by atoms with Crippen LogP contribution in [-0.2, 0) is 0 Å². The molecule has 0 fully saturated rings. The monoisotopic (exact) mass is 370 g/mol. The van der Waals surface area contributed by atoms with Crippen LogP contribution in [0.3, 0.4) is 0 Å². The summed E-state index contributed by atoms with van der Waals surface area (Å²) in [4.78, 5) is 5.27. The standard InChI is InChI=1S/2C12H27N/c2*1-4-7-10-13(11-8-5-2)12-9-6-3/h2*4-12H2,1-3H3. The number of hydrogen-bond acceptors (Lipinski definition) is 2. The van der Waals surface area contributed by atoms with Gasteiger partial charge in [0.05, 0.1) is 0 Å². The molecule has 0 aliphatic heterocycles. The first-order valence-electron chi connectivity index (χ1n) is 12.1. The highest BCUT2D eigenvalue weighted by Crippen LogP contribution is 2.02. The fourth-order valence-electron chi connectivity index (χ4n) is 2.96. The van der Waals surface area contributed by atoms with Crippen LogP contribution in [0.2, 0.25) is 0 Å². The molecule has 0 rings (SSSR count). The summed E-state index contributed by atoms with van der Waals surface area (Å²) >= 11 is 0. The highest BCUT2D eigenvalue weighted by Gasteiger charge is 2.02. The topological polar surface area (TPSA) is 6.48 Å². The van der Waals surface area contributed by atoms with Gasteiger partial charge in [0.25, 0.3) is 0 Å². The first-order chi connectivity index (χ1) is 12.7. The van der Waals surface area contributed by atoms with Gasteiger partial charge in [0.2, 0.25) is 0 Å². The Kier molecular flexibility index (Phi) is 27.0. The molecule has 2 heteroatoms. The number of hydrogen-bond donors (Lipinski definition) is 0. The maximum atomic E-state index is 2.64. The Morgan fingerprint density at radius 1 is 0.308 bits per heavy atom. The molecular formula is C24H54N2. The van der Waals surface area contributed by atoms with E-state index in [0.29, 0.717) is 0 Å².